The number of anilines is 1. The Morgan fingerprint density at radius 1 is 1.14 bits per heavy atom. The molecule has 0 aliphatic carbocycles. The molecule has 1 aromatic carbocycles. The van der Waals surface area contributed by atoms with Gasteiger partial charge >= 0.3 is 0 Å². The van der Waals surface area contributed by atoms with Crippen LogP contribution in [0.1, 0.15) is 32.2 Å². The highest BCUT2D eigenvalue weighted by Crippen LogP contribution is 2.26. The van der Waals surface area contributed by atoms with Gasteiger partial charge in [0.05, 0.1) is 6.61 Å². The molecule has 2 aromatic rings. The molecule has 2 N–H and O–H groups in total. The quantitative estimate of drug-likeness (QED) is 0.904. The molecule has 112 valence electrons. The molecule has 0 radical (unpaired) electrons. The van der Waals surface area contributed by atoms with E-state index in [0.717, 1.165) is 17.2 Å². The van der Waals surface area contributed by atoms with E-state index < -0.39 is 0 Å². The lowest BCUT2D eigenvalue weighted by Crippen LogP contribution is -2.17. The van der Waals surface area contributed by atoms with Crippen LogP contribution in [0.5, 0.6) is 11.6 Å². The molecule has 0 bridgehead atoms. The fraction of sp³-hybridized carbons (Fsp3) is 0.375. The minimum Gasteiger partial charge on any atom is -0.439 e. The summed E-state index contributed by atoms with van der Waals surface area (Å²) < 4.78 is 5.78. The SMILES string of the molecule is CNc1cc(Oc2ccc(CO)cc2)nc(C(C)(C)C)n1. The zero-order valence-corrected chi connectivity index (χ0v) is 12.8. The molecule has 21 heavy (non-hydrogen) atoms. The molecule has 5 nitrogen and oxygen atoms in total. The summed E-state index contributed by atoms with van der Waals surface area (Å²) in [5.74, 6) is 2.61. The van der Waals surface area contributed by atoms with Crippen LogP contribution in [0.3, 0.4) is 0 Å². The Labute approximate surface area is 125 Å². The summed E-state index contributed by atoms with van der Waals surface area (Å²) in [6.45, 7) is 6.19. The second kappa shape index (κ2) is 6.10. The monoisotopic (exact) mass is 287 g/mol. The summed E-state index contributed by atoms with van der Waals surface area (Å²) in [5.41, 5.74) is 0.683. The van der Waals surface area contributed by atoms with Crippen LogP contribution in [0.25, 0.3) is 0 Å². The summed E-state index contributed by atoms with van der Waals surface area (Å²) in [7, 11) is 1.81. The van der Waals surface area contributed by atoms with Crippen molar-refractivity contribution >= 4 is 5.82 Å². The summed E-state index contributed by atoms with van der Waals surface area (Å²) in [6, 6.07) is 9.02. The Morgan fingerprint density at radius 3 is 2.33 bits per heavy atom. The Hall–Kier alpha value is -2.14. The third-order valence-corrected chi connectivity index (χ3v) is 2.96. The van der Waals surface area contributed by atoms with Crippen LogP contribution in [-0.2, 0) is 12.0 Å². The van der Waals surface area contributed by atoms with E-state index in [9.17, 15) is 0 Å². The maximum atomic E-state index is 9.04. The summed E-state index contributed by atoms with van der Waals surface area (Å²) in [4.78, 5) is 8.92. The highest BCUT2D eigenvalue weighted by atomic mass is 16.5. The highest BCUT2D eigenvalue weighted by molar-refractivity contribution is 5.40. The molecule has 0 saturated carbocycles. The average Bonchev–Trinajstić information content (AvgIpc) is 2.46. The van der Waals surface area contributed by atoms with Crippen LogP contribution in [0, 0.1) is 0 Å². The number of nitrogens with one attached hydrogen (secondary N) is 1. The molecule has 0 saturated heterocycles. The molecule has 0 unspecified atom stereocenters. The van der Waals surface area contributed by atoms with Gasteiger partial charge in [-0.2, -0.15) is 4.98 Å². The van der Waals surface area contributed by atoms with Gasteiger partial charge in [0.15, 0.2) is 0 Å². The zero-order chi connectivity index (χ0) is 15.5. The molecule has 1 aromatic heterocycles. The lowest BCUT2D eigenvalue weighted by molar-refractivity contribution is 0.281. The predicted octanol–water partition coefficient (Wildman–Crippen LogP) is 3.10. The maximum Gasteiger partial charge on any atom is 0.224 e. The second-order valence-electron chi connectivity index (χ2n) is 5.82. The Morgan fingerprint density at radius 2 is 1.81 bits per heavy atom. The number of nitrogens with zero attached hydrogens (tertiary/aromatic N) is 2. The van der Waals surface area contributed by atoms with E-state index in [0.29, 0.717) is 11.6 Å². The normalized spacial score (nSPS) is 11.3. The van der Waals surface area contributed by atoms with Gasteiger partial charge in [0, 0.05) is 18.5 Å². The van der Waals surface area contributed by atoms with Crippen molar-refractivity contribution in [2.45, 2.75) is 32.8 Å². The molecule has 0 atom stereocenters. The van der Waals surface area contributed by atoms with Crippen LogP contribution in [0.4, 0.5) is 5.82 Å². The van der Waals surface area contributed by atoms with Gasteiger partial charge in [-0.1, -0.05) is 32.9 Å². The second-order valence-corrected chi connectivity index (χ2v) is 5.82. The van der Waals surface area contributed by atoms with Crippen molar-refractivity contribution in [1.29, 1.82) is 0 Å². The van der Waals surface area contributed by atoms with Crippen molar-refractivity contribution in [1.82, 2.24) is 9.97 Å². The molecule has 2 rings (SSSR count). The zero-order valence-electron chi connectivity index (χ0n) is 12.8. The van der Waals surface area contributed by atoms with Crippen molar-refractivity contribution < 1.29 is 9.84 Å². The third-order valence-electron chi connectivity index (χ3n) is 2.96. The molecule has 1 heterocycles. The summed E-state index contributed by atoms with van der Waals surface area (Å²) >= 11 is 0. The van der Waals surface area contributed by atoms with Gasteiger partial charge in [-0.3, -0.25) is 0 Å². The molecule has 0 amide bonds. The van der Waals surface area contributed by atoms with Crippen LogP contribution in [0.15, 0.2) is 30.3 Å². The molecule has 5 heteroatoms. The van der Waals surface area contributed by atoms with Crippen molar-refractivity contribution in [2.75, 3.05) is 12.4 Å². The Balaban J connectivity index is 2.29. The van der Waals surface area contributed by atoms with E-state index in [1.165, 1.54) is 0 Å². The molecule has 0 spiro atoms. The Bertz CT molecular complexity index is 604. The maximum absolute atomic E-state index is 9.04. The molecule has 0 aliphatic rings. The van der Waals surface area contributed by atoms with E-state index in [2.05, 4.69) is 36.1 Å². The number of hydrogen-bond donors (Lipinski definition) is 2. The minimum absolute atomic E-state index is 0.0197. The highest BCUT2D eigenvalue weighted by Gasteiger charge is 2.19. The summed E-state index contributed by atoms with van der Waals surface area (Å²) in [5, 5.41) is 12.1. The first-order valence-corrected chi connectivity index (χ1v) is 6.87. The number of ether oxygens (including phenoxy) is 1. The van der Waals surface area contributed by atoms with E-state index in [1.54, 1.807) is 6.07 Å². The van der Waals surface area contributed by atoms with Gasteiger partial charge in [-0.05, 0) is 17.7 Å². The Kier molecular flexibility index (Phi) is 4.43. The fourth-order valence-corrected chi connectivity index (χ4v) is 1.72. The van der Waals surface area contributed by atoms with E-state index in [-0.39, 0.29) is 12.0 Å². The summed E-state index contributed by atoms with van der Waals surface area (Å²) in [6.07, 6.45) is 0. The van der Waals surface area contributed by atoms with Gasteiger partial charge in [-0.25, -0.2) is 4.98 Å². The largest absolute Gasteiger partial charge is 0.439 e. The standard InChI is InChI=1S/C16H21N3O2/c1-16(2,3)15-18-13(17-4)9-14(19-15)21-12-7-5-11(10-20)6-8-12/h5-9,20H,10H2,1-4H3,(H,17,18,19). The fourth-order valence-electron chi connectivity index (χ4n) is 1.72. The van der Waals surface area contributed by atoms with Crippen LogP contribution < -0.4 is 10.1 Å². The first kappa shape index (κ1) is 15.3. The first-order valence-electron chi connectivity index (χ1n) is 6.87. The smallest absolute Gasteiger partial charge is 0.224 e. The molecule has 0 fully saturated rings. The molecule has 0 aliphatic heterocycles. The first-order chi connectivity index (χ1) is 9.92. The number of aromatic nitrogens is 2. The van der Waals surface area contributed by atoms with Crippen molar-refractivity contribution in [3.63, 3.8) is 0 Å². The van der Waals surface area contributed by atoms with Crippen molar-refractivity contribution in [3.8, 4) is 11.6 Å². The average molecular weight is 287 g/mol. The van der Waals surface area contributed by atoms with Crippen LogP contribution >= 0.6 is 0 Å². The van der Waals surface area contributed by atoms with E-state index >= 15 is 0 Å². The van der Waals surface area contributed by atoms with E-state index in [4.69, 9.17) is 9.84 Å². The lowest BCUT2D eigenvalue weighted by atomic mass is 9.96. The molecular formula is C16H21N3O2. The van der Waals surface area contributed by atoms with Gasteiger partial charge < -0.3 is 15.2 Å². The predicted molar refractivity (Wildman–Crippen MR) is 82.7 cm³/mol. The number of rotatable bonds is 4. The van der Waals surface area contributed by atoms with Gasteiger partial charge in [0.25, 0.3) is 0 Å². The number of benzene rings is 1. The van der Waals surface area contributed by atoms with Gasteiger partial charge in [0.1, 0.15) is 17.4 Å². The third kappa shape index (κ3) is 3.92. The number of aliphatic hydroxyl groups excluding tert-OH is 1. The topological polar surface area (TPSA) is 67.3 Å². The molecular weight excluding hydrogens is 266 g/mol. The van der Waals surface area contributed by atoms with E-state index in [1.807, 2.05) is 31.3 Å². The van der Waals surface area contributed by atoms with Crippen molar-refractivity contribution in [3.05, 3.63) is 41.7 Å². The van der Waals surface area contributed by atoms with Gasteiger partial charge in [0.2, 0.25) is 5.88 Å². The minimum atomic E-state index is -0.161. The number of aliphatic hydroxyl groups is 1. The lowest BCUT2D eigenvalue weighted by Gasteiger charge is -2.18. The van der Waals surface area contributed by atoms with Crippen LogP contribution in [0.2, 0.25) is 0 Å². The number of hydrogen-bond acceptors (Lipinski definition) is 5. The van der Waals surface area contributed by atoms with Gasteiger partial charge in [-0.15, -0.1) is 0 Å². The van der Waals surface area contributed by atoms with Crippen LogP contribution in [-0.4, -0.2) is 22.1 Å². The van der Waals surface area contributed by atoms with Crippen molar-refractivity contribution in [2.24, 2.45) is 0 Å².